The number of hydrogen-bond acceptors (Lipinski definition) is 2. The van der Waals surface area contributed by atoms with Crippen molar-refractivity contribution in [3.63, 3.8) is 0 Å². The molecule has 0 aromatic heterocycles. The maximum atomic E-state index is 11.0. The molecule has 16 heavy (non-hydrogen) atoms. The van der Waals surface area contributed by atoms with Gasteiger partial charge in [0.2, 0.25) is 5.91 Å². The molecule has 0 saturated heterocycles. The first-order valence-electron chi connectivity index (χ1n) is 5.64. The van der Waals surface area contributed by atoms with Crippen LogP contribution in [0.15, 0.2) is 18.2 Å². The quantitative estimate of drug-likeness (QED) is 0.776. The van der Waals surface area contributed by atoms with Crippen molar-refractivity contribution in [3.8, 4) is 5.75 Å². The van der Waals surface area contributed by atoms with Crippen LogP contribution in [0.1, 0.15) is 32.3 Å². The van der Waals surface area contributed by atoms with Crippen LogP contribution in [-0.2, 0) is 4.79 Å². The van der Waals surface area contributed by atoms with E-state index in [0.29, 0.717) is 6.61 Å². The van der Waals surface area contributed by atoms with Crippen LogP contribution in [-0.4, -0.2) is 12.5 Å². The molecule has 0 aliphatic heterocycles. The number of rotatable bonds is 5. The zero-order chi connectivity index (χ0) is 12.0. The molecule has 0 bridgehead atoms. The zero-order valence-electron chi connectivity index (χ0n) is 10.2. The summed E-state index contributed by atoms with van der Waals surface area (Å²) in [6.45, 7) is 6.29. The van der Waals surface area contributed by atoms with Gasteiger partial charge in [0.15, 0.2) is 0 Å². The molecule has 0 atom stereocenters. The van der Waals surface area contributed by atoms with Gasteiger partial charge >= 0.3 is 0 Å². The zero-order valence-corrected chi connectivity index (χ0v) is 10.2. The van der Waals surface area contributed by atoms with Crippen molar-refractivity contribution in [3.05, 3.63) is 23.8 Å². The first-order chi connectivity index (χ1) is 7.63. The highest BCUT2D eigenvalue weighted by Crippen LogP contribution is 2.25. The van der Waals surface area contributed by atoms with Gasteiger partial charge in [-0.15, -0.1) is 0 Å². The van der Waals surface area contributed by atoms with Crippen LogP contribution in [0.25, 0.3) is 0 Å². The van der Waals surface area contributed by atoms with Crippen molar-refractivity contribution < 1.29 is 9.53 Å². The number of anilines is 1. The molecule has 0 fully saturated rings. The maximum absolute atomic E-state index is 11.0. The summed E-state index contributed by atoms with van der Waals surface area (Å²) in [6.07, 6.45) is 2.12. The predicted octanol–water partition coefficient (Wildman–Crippen LogP) is 3.13. The molecule has 0 aliphatic rings. The maximum Gasteiger partial charge on any atom is 0.221 e. The molecule has 1 aromatic carbocycles. The van der Waals surface area contributed by atoms with Crippen molar-refractivity contribution in [1.29, 1.82) is 0 Å². The van der Waals surface area contributed by atoms with Gasteiger partial charge in [-0.25, -0.2) is 0 Å². The number of ether oxygens (including phenoxy) is 1. The van der Waals surface area contributed by atoms with Crippen LogP contribution < -0.4 is 10.1 Å². The standard InChI is InChI=1S/C13H19NO2/c1-4-5-8-16-13-7-6-10(2)9-12(13)14-11(3)15/h6-7,9H,4-5,8H2,1-3H3,(H,14,15). The van der Waals surface area contributed by atoms with Gasteiger partial charge in [0.1, 0.15) is 5.75 Å². The number of aryl methyl sites for hydroxylation is 1. The Balaban J connectivity index is 2.76. The molecule has 88 valence electrons. The summed E-state index contributed by atoms with van der Waals surface area (Å²) in [5.41, 5.74) is 1.86. The number of carbonyl (C=O) groups excluding carboxylic acids is 1. The number of nitrogens with one attached hydrogen (secondary N) is 1. The summed E-state index contributed by atoms with van der Waals surface area (Å²) in [7, 11) is 0. The van der Waals surface area contributed by atoms with Crippen LogP contribution in [0, 0.1) is 6.92 Å². The Hall–Kier alpha value is -1.51. The number of benzene rings is 1. The van der Waals surface area contributed by atoms with Gasteiger partial charge in [-0.3, -0.25) is 4.79 Å². The average molecular weight is 221 g/mol. The van der Waals surface area contributed by atoms with Crippen LogP contribution in [0.5, 0.6) is 5.75 Å². The molecule has 0 heterocycles. The summed E-state index contributed by atoms with van der Waals surface area (Å²) >= 11 is 0. The highest BCUT2D eigenvalue weighted by molar-refractivity contribution is 5.90. The Labute approximate surface area is 96.8 Å². The smallest absolute Gasteiger partial charge is 0.221 e. The minimum absolute atomic E-state index is 0.0778. The Bertz CT molecular complexity index is 361. The van der Waals surface area contributed by atoms with Gasteiger partial charge in [0.25, 0.3) is 0 Å². The third kappa shape index (κ3) is 3.93. The normalized spacial score (nSPS) is 9.94. The van der Waals surface area contributed by atoms with Crippen molar-refractivity contribution in [2.45, 2.75) is 33.6 Å². The second-order valence-electron chi connectivity index (χ2n) is 3.88. The first kappa shape index (κ1) is 12.6. The lowest BCUT2D eigenvalue weighted by molar-refractivity contribution is -0.114. The number of unbranched alkanes of at least 4 members (excludes halogenated alkanes) is 1. The minimum atomic E-state index is -0.0778. The number of amides is 1. The summed E-state index contributed by atoms with van der Waals surface area (Å²) in [6, 6.07) is 5.80. The molecule has 3 nitrogen and oxygen atoms in total. The van der Waals surface area contributed by atoms with E-state index in [1.165, 1.54) is 6.92 Å². The second kappa shape index (κ2) is 6.16. The Kier molecular flexibility index (Phi) is 4.83. The van der Waals surface area contributed by atoms with E-state index in [1.807, 2.05) is 25.1 Å². The van der Waals surface area contributed by atoms with Crippen LogP contribution in [0.3, 0.4) is 0 Å². The van der Waals surface area contributed by atoms with Gasteiger partial charge in [-0.1, -0.05) is 19.4 Å². The van der Waals surface area contributed by atoms with E-state index in [9.17, 15) is 4.79 Å². The van der Waals surface area contributed by atoms with Crippen molar-refractivity contribution >= 4 is 11.6 Å². The van der Waals surface area contributed by atoms with Crippen LogP contribution >= 0.6 is 0 Å². The van der Waals surface area contributed by atoms with E-state index < -0.39 is 0 Å². The molecule has 1 amide bonds. The lowest BCUT2D eigenvalue weighted by Crippen LogP contribution is -2.08. The molecular weight excluding hydrogens is 202 g/mol. The van der Waals surface area contributed by atoms with E-state index in [0.717, 1.165) is 29.8 Å². The molecule has 0 aliphatic carbocycles. The first-order valence-corrected chi connectivity index (χ1v) is 5.64. The number of hydrogen-bond donors (Lipinski definition) is 1. The topological polar surface area (TPSA) is 38.3 Å². The third-order valence-corrected chi connectivity index (χ3v) is 2.20. The second-order valence-corrected chi connectivity index (χ2v) is 3.88. The highest BCUT2D eigenvalue weighted by Gasteiger charge is 2.05. The largest absolute Gasteiger partial charge is 0.491 e. The lowest BCUT2D eigenvalue weighted by atomic mass is 10.2. The molecule has 3 heteroatoms. The van der Waals surface area contributed by atoms with E-state index in [2.05, 4.69) is 12.2 Å². The monoisotopic (exact) mass is 221 g/mol. The Morgan fingerprint density at radius 2 is 2.19 bits per heavy atom. The Morgan fingerprint density at radius 3 is 2.81 bits per heavy atom. The molecule has 1 aromatic rings. The van der Waals surface area contributed by atoms with E-state index in [4.69, 9.17) is 4.74 Å². The van der Waals surface area contributed by atoms with Crippen LogP contribution in [0.2, 0.25) is 0 Å². The van der Waals surface area contributed by atoms with Crippen LogP contribution in [0.4, 0.5) is 5.69 Å². The fourth-order valence-corrected chi connectivity index (χ4v) is 1.38. The molecular formula is C13H19NO2. The molecule has 0 saturated carbocycles. The summed E-state index contributed by atoms with van der Waals surface area (Å²) < 4.78 is 5.62. The van der Waals surface area contributed by atoms with E-state index in [1.54, 1.807) is 0 Å². The molecule has 1 rings (SSSR count). The Morgan fingerprint density at radius 1 is 1.44 bits per heavy atom. The highest BCUT2D eigenvalue weighted by atomic mass is 16.5. The van der Waals surface area contributed by atoms with Crippen molar-refractivity contribution in [2.75, 3.05) is 11.9 Å². The van der Waals surface area contributed by atoms with E-state index >= 15 is 0 Å². The number of carbonyl (C=O) groups is 1. The van der Waals surface area contributed by atoms with Gasteiger partial charge in [0.05, 0.1) is 12.3 Å². The average Bonchev–Trinajstić information content (AvgIpc) is 2.20. The molecule has 0 spiro atoms. The minimum Gasteiger partial charge on any atom is -0.491 e. The van der Waals surface area contributed by atoms with Gasteiger partial charge in [-0.05, 0) is 31.0 Å². The van der Waals surface area contributed by atoms with E-state index in [-0.39, 0.29) is 5.91 Å². The van der Waals surface area contributed by atoms with Crippen molar-refractivity contribution in [2.24, 2.45) is 0 Å². The van der Waals surface area contributed by atoms with Gasteiger partial charge < -0.3 is 10.1 Å². The summed E-state index contributed by atoms with van der Waals surface area (Å²) in [5, 5.41) is 2.78. The summed E-state index contributed by atoms with van der Waals surface area (Å²) in [4.78, 5) is 11.0. The third-order valence-electron chi connectivity index (χ3n) is 2.20. The molecule has 1 N–H and O–H groups in total. The predicted molar refractivity (Wildman–Crippen MR) is 65.9 cm³/mol. The van der Waals surface area contributed by atoms with Gasteiger partial charge in [-0.2, -0.15) is 0 Å². The molecule has 0 radical (unpaired) electrons. The summed E-state index contributed by atoms with van der Waals surface area (Å²) in [5.74, 6) is 0.667. The molecule has 0 unspecified atom stereocenters. The lowest BCUT2D eigenvalue weighted by Gasteiger charge is -2.12. The fourth-order valence-electron chi connectivity index (χ4n) is 1.38. The van der Waals surface area contributed by atoms with Gasteiger partial charge in [0, 0.05) is 6.92 Å². The van der Waals surface area contributed by atoms with Crippen molar-refractivity contribution in [1.82, 2.24) is 0 Å². The fraction of sp³-hybridized carbons (Fsp3) is 0.462. The SMILES string of the molecule is CCCCOc1ccc(C)cc1NC(C)=O.